The van der Waals surface area contributed by atoms with Crippen molar-refractivity contribution in [2.24, 2.45) is 5.92 Å². The molecule has 2 aliphatic carbocycles. The predicted molar refractivity (Wildman–Crippen MR) is 98.0 cm³/mol. The number of rotatable bonds is 8. The molecule has 1 atom stereocenters. The second kappa shape index (κ2) is 7.97. The lowest BCUT2D eigenvalue weighted by Gasteiger charge is -2.22. The molecule has 0 radical (unpaired) electrons. The first-order valence-corrected chi connectivity index (χ1v) is 9.02. The summed E-state index contributed by atoms with van der Waals surface area (Å²) in [6.07, 6.45) is 20.5. The molecule has 0 bridgehead atoms. The van der Waals surface area contributed by atoms with Gasteiger partial charge in [0.05, 0.1) is 0 Å². The van der Waals surface area contributed by atoms with Crippen molar-refractivity contribution >= 4 is 0 Å². The summed E-state index contributed by atoms with van der Waals surface area (Å²) in [5, 5.41) is 3.52. The first-order chi connectivity index (χ1) is 10.6. The van der Waals surface area contributed by atoms with E-state index in [-0.39, 0.29) is 0 Å². The maximum Gasteiger partial charge on any atom is 0.0396 e. The largest absolute Gasteiger partial charge is 0.311 e. The van der Waals surface area contributed by atoms with Crippen molar-refractivity contribution in [1.29, 1.82) is 0 Å². The van der Waals surface area contributed by atoms with E-state index >= 15 is 0 Å². The molecular formula is C21H33N. The monoisotopic (exact) mass is 299 g/mol. The van der Waals surface area contributed by atoms with E-state index in [1.165, 1.54) is 50.5 Å². The predicted octanol–water partition coefficient (Wildman–Crippen LogP) is 5.71. The van der Waals surface area contributed by atoms with E-state index in [2.05, 4.69) is 63.5 Å². The molecule has 0 aromatic carbocycles. The van der Waals surface area contributed by atoms with Gasteiger partial charge < -0.3 is 5.32 Å². The van der Waals surface area contributed by atoms with Crippen LogP contribution in [0.15, 0.2) is 47.1 Å². The SMILES string of the molecule is C/C=C/C(=C/C)C(C)CCCC1=CC=C(C2(NC)CC2)CC1. The molecule has 1 heteroatoms. The van der Waals surface area contributed by atoms with Crippen LogP contribution < -0.4 is 5.32 Å². The van der Waals surface area contributed by atoms with Crippen LogP contribution in [0.2, 0.25) is 0 Å². The van der Waals surface area contributed by atoms with Gasteiger partial charge in [0.25, 0.3) is 0 Å². The maximum atomic E-state index is 3.52. The zero-order valence-electron chi connectivity index (χ0n) is 14.9. The van der Waals surface area contributed by atoms with Crippen molar-refractivity contribution in [2.75, 3.05) is 7.05 Å². The van der Waals surface area contributed by atoms with E-state index in [4.69, 9.17) is 0 Å². The summed E-state index contributed by atoms with van der Waals surface area (Å²) in [5.41, 5.74) is 5.14. The van der Waals surface area contributed by atoms with Crippen LogP contribution in [0.1, 0.15) is 65.7 Å². The van der Waals surface area contributed by atoms with Gasteiger partial charge in [-0.2, -0.15) is 0 Å². The Kier molecular flexibility index (Phi) is 6.26. The molecule has 22 heavy (non-hydrogen) atoms. The van der Waals surface area contributed by atoms with Crippen LogP contribution >= 0.6 is 0 Å². The fourth-order valence-electron chi connectivity index (χ4n) is 3.68. The van der Waals surface area contributed by atoms with Crippen LogP contribution in [0.25, 0.3) is 0 Å². The number of hydrogen-bond donors (Lipinski definition) is 1. The molecule has 1 fully saturated rings. The molecule has 0 saturated heterocycles. The maximum absolute atomic E-state index is 3.52. The van der Waals surface area contributed by atoms with Gasteiger partial charge >= 0.3 is 0 Å². The minimum Gasteiger partial charge on any atom is -0.311 e. The van der Waals surface area contributed by atoms with Crippen LogP contribution in [-0.4, -0.2) is 12.6 Å². The van der Waals surface area contributed by atoms with Crippen molar-refractivity contribution in [1.82, 2.24) is 5.32 Å². The van der Waals surface area contributed by atoms with Gasteiger partial charge in [0, 0.05) is 5.54 Å². The summed E-state index contributed by atoms with van der Waals surface area (Å²) in [5.74, 6) is 0.676. The van der Waals surface area contributed by atoms with Crippen molar-refractivity contribution in [3.8, 4) is 0 Å². The first-order valence-electron chi connectivity index (χ1n) is 9.02. The van der Waals surface area contributed by atoms with Gasteiger partial charge in [-0.1, -0.05) is 42.9 Å². The molecular weight excluding hydrogens is 266 g/mol. The van der Waals surface area contributed by atoms with E-state index in [9.17, 15) is 0 Å². The molecule has 2 aliphatic rings. The average Bonchev–Trinajstić information content (AvgIpc) is 3.34. The molecule has 0 heterocycles. The van der Waals surface area contributed by atoms with Gasteiger partial charge in [0.1, 0.15) is 0 Å². The molecule has 0 aliphatic heterocycles. The fraction of sp³-hybridized carbons (Fsp3) is 0.619. The van der Waals surface area contributed by atoms with E-state index < -0.39 is 0 Å². The molecule has 0 amide bonds. The summed E-state index contributed by atoms with van der Waals surface area (Å²) >= 11 is 0. The quantitative estimate of drug-likeness (QED) is 0.566. The molecule has 0 aromatic heterocycles. The third kappa shape index (κ3) is 4.23. The van der Waals surface area contributed by atoms with Crippen molar-refractivity contribution in [3.63, 3.8) is 0 Å². The second-order valence-electron chi connectivity index (χ2n) is 6.93. The highest BCUT2D eigenvalue weighted by atomic mass is 15.0. The zero-order valence-corrected chi connectivity index (χ0v) is 14.9. The van der Waals surface area contributed by atoms with E-state index in [1.807, 2.05) is 0 Å². The Labute approximate surface area is 137 Å². The molecule has 122 valence electrons. The minimum atomic E-state index is 0.379. The zero-order chi connectivity index (χ0) is 16.0. The Morgan fingerprint density at radius 3 is 2.55 bits per heavy atom. The number of likely N-dealkylation sites (N-methyl/N-ethyl adjacent to an activating group) is 1. The van der Waals surface area contributed by atoms with Gasteiger partial charge in [0.2, 0.25) is 0 Å². The van der Waals surface area contributed by atoms with Crippen LogP contribution in [0, 0.1) is 5.92 Å². The lowest BCUT2D eigenvalue weighted by atomic mass is 9.88. The van der Waals surface area contributed by atoms with Gasteiger partial charge in [-0.25, -0.2) is 0 Å². The highest BCUT2D eigenvalue weighted by Crippen LogP contribution is 2.45. The Morgan fingerprint density at radius 2 is 2.05 bits per heavy atom. The van der Waals surface area contributed by atoms with E-state index in [1.54, 1.807) is 11.1 Å². The molecule has 1 nitrogen and oxygen atoms in total. The number of nitrogens with one attached hydrogen (secondary N) is 1. The molecule has 1 saturated carbocycles. The Morgan fingerprint density at radius 1 is 1.27 bits per heavy atom. The smallest absolute Gasteiger partial charge is 0.0396 e. The molecule has 2 rings (SSSR count). The Hall–Kier alpha value is -1.08. The Bertz CT molecular complexity index is 486. The summed E-state index contributed by atoms with van der Waals surface area (Å²) < 4.78 is 0. The lowest BCUT2D eigenvalue weighted by molar-refractivity contribution is 0.569. The summed E-state index contributed by atoms with van der Waals surface area (Å²) in [6.45, 7) is 6.61. The average molecular weight is 300 g/mol. The standard InChI is InChI=1S/C21H33N/c1-5-8-19(6-2)17(3)9-7-10-18-11-13-20(14-12-18)21(22-4)15-16-21/h5-6,8,11,13,17,22H,7,9-10,12,14-16H2,1-4H3/b8-5+,19-6-. The normalized spacial score (nSPS) is 22.5. The summed E-state index contributed by atoms with van der Waals surface area (Å²) in [4.78, 5) is 0. The van der Waals surface area contributed by atoms with Crippen LogP contribution in [0.5, 0.6) is 0 Å². The van der Waals surface area contributed by atoms with Crippen LogP contribution in [-0.2, 0) is 0 Å². The topological polar surface area (TPSA) is 12.0 Å². The van der Waals surface area contributed by atoms with E-state index in [0.29, 0.717) is 11.5 Å². The van der Waals surface area contributed by atoms with Crippen molar-refractivity contribution < 1.29 is 0 Å². The molecule has 1 N–H and O–H groups in total. The van der Waals surface area contributed by atoms with Gasteiger partial charge in [0.15, 0.2) is 0 Å². The number of allylic oxidation sites excluding steroid dienone is 7. The van der Waals surface area contributed by atoms with Crippen LogP contribution in [0.4, 0.5) is 0 Å². The summed E-state index contributed by atoms with van der Waals surface area (Å²) in [7, 11) is 2.11. The highest BCUT2D eigenvalue weighted by Gasteiger charge is 2.44. The molecule has 0 spiro atoms. The first kappa shape index (κ1) is 17.3. The third-order valence-corrected chi connectivity index (χ3v) is 5.48. The van der Waals surface area contributed by atoms with Gasteiger partial charge in [-0.15, -0.1) is 0 Å². The highest BCUT2D eigenvalue weighted by molar-refractivity contribution is 5.36. The van der Waals surface area contributed by atoms with Gasteiger partial charge in [-0.05, 0) is 82.9 Å². The van der Waals surface area contributed by atoms with Crippen molar-refractivity contribution in [2.45, 2.75) is 71.3 Å². The fourth-order valence-corrected chi connectivity index (χ4v) is 3.68. The molecule has 1 unspecified atom stereocenters. The van der Waals surface area contributed by atoms with Crippen LogP contribution in [0.3, 0.4) is 0 Å². The lowest BCUT2D eigenvalue weighted by Crippen LogP contribution is -2.30. The molecule has 0 aromatic rings. The second-order valence-corrected chi connectivity index (χ2v) is 6.93. The minimum absolute atomic E-state index is 0.379. The Balaban J connectivity index is 1.79. The van der Waals surface area contributed by atoms with Crippen molar-refractivity contribution in [3.05, 3.63) is 47.1 Å². The summed E-state index contributed by atoms with van der Waals surface area (Å²) in [6, 6.07) is 0. The number of hydrogen-bond acceptors (Lipinski definition) is 1. The third-order valence-electron chi connectivity index (χ3n) is 5.48. The van der Waals surface area contributed by atoms with Gasteiger partial charge in [-0.3, -0.25) is 0 Å². The van der Waals surface area contributed by atoms with E-state index in [0.717, 1.165) is 0 Å².